The van der Waals surface area contributed by atoms with Crippen LogP contribution in [0.4, 0.5) is 0 Å². The van der Waals surface area contributed by atoms with Crippen molar-refractivity contribution in [2.24, 2.45) is 5.92 Å². The van der Waals surface area contributed by atoms with Gasteiger partial charge in [-0.2, -0.15) is 0 Å². The lowest BCUT2D eigenvalue weighted by atomic mass is 10.0. The first-order chi connectivity index (χ1) is 15.1. The van der Waals surface area contributed by atoms with Crippen molar-refractivity contribution in [3.05, 3.63) is 0 Å². The standard InChI is InChI=1S/C28H60O2Si/c1-6-9-10-11-12-13-14-15-16-17-18-19-20-21-22-23-26-29-31(7-2,8-3)30-27-24-25-28(4)5/h28H,6-27H2,1-5H3. The van der Waals surface area contributed by atoms with Crippen LogP contribution in [0.1, 0.15) is 150 Å². The van der Waals surface area contributed by atoms with E-state index in [-0.39, 0.29) is 0 Å². The molecular formula is C28H60O2Si. The third-order valence-corrected chi connectivity index (χ3v) is 10.3. The van der Waals surface area contributed by atoms with Gasteiger partial charge in [-0.15, -0.1) is 0 Å². The molecule has 0 aliphatic carbocycles. The maximum Gasteiger partial charge on any atom is 0.337 e. The van der Waals surface area contributed by atoms with Gasteiger partial charge in [-0.1, -0.05) is 131 Å². The van der Waals surface area contributed by atoms with Gasteiger partial charge in [0, 0.05) is 13.2 Å². The summed E-state index contributed by atoms with van der Waals surface area (Å²) in [6.45, 7) is 13.2. The van der Waals surface area contributed by atoms with Crippen molar-refractivity contribution in [3.63, 3.8) is 0 Å². The molecule has 0 aromatic carbocycles. The average molecular weight is 457 g/mol. The van der Waals surface area contributed by atoms with E-state index in [1.54, 1.807) is 0 Å². The van der Waals surface area contributed by atoms with Gasteiger partial charge in [-0.3, -0.25) is 0 Å². The molecule has 0 bridgehead atoms. The molecule has 0 spiro atoms. The van der Waals surface area contributed by atoms with Gasteiger partial charge >= 0.3 is 8.56 Å². The molecule has 0 rings (SSSR count). The quantitative estimate of drug-likeness (QED) is 0.100. The van der Waals surface area contributed by atoms with E-state index in [4.69, 9.17) is 8.85 Å². The van der Waals surface area contributed by atoms with Crippen molar-refractivity contribution in [1.82, 2.24) is 0 Å². The lowest BCUT2D eigenvalue weighted by Crippen LogP contribution is -2.41. The average Bonchev–Trinajstić information content (AvgIpc) is 2.77. The molecule has 0 heterocycles. The maximum absolute atomic E-state index is 6.37. The highest BCUT2D eigenvalue weighted by molar-refractivity contribution is 6.67. The molecule has 0 aromatic rings. The Kier molecular flexibility index (Phi) is 23.4. The summed E-state index contributed by atoms with van der Waals surface area (Å²) in [6, 6.07) is 2.17. The number of hydrogen-bond acceptors (Lipinski definition) is 2. The van der Waals surface area contributed by atoms with Crippen molar-refractivity contribution in [2.75, 3.05) is 13.2 Å². The molecule has 0 fully saturated rings. The minimum Gasteiger partial charge on any atom is -0.394 e. The monoisotopic (exact) mass is 456 g/mol. The highest BCUT2D eigenvalue weighted by Crippen LogP contribution is 2.21. The Morgan fingerprint density at radius 2 is 0.839 bits per heavy atom. The second-order valence-corrected chi connectivity index (χ2v) is 14.0. The van der Waals surface area contributed by atoms with Crippen LogP contribution in [0.3, 0.4) is 0 Å². The Labute approximate surface area is 198 Å². The Morgan fingerprint density at radius 3 is 1.19 bits per heavy atom. The first-order valence-electron chi connectivity index (χ1n) is 14.4. The zero-order valence-corrected chi connectivity index (χ0v) is 23.5. The van der Waals surface area contributed by atoms with Gasteiger partial charge in [0.15, 0.2) is 0 Å². The van der Waals surface area contributed by atoms with E-state index in [1.165, 1.54) is 116 Å². The Balaban J connectivity index is 3.46. The predicted octanol–water partition coefficient (Wildman–Crippen LogP) is 10.2. The topological polar surface area (TPSA) is 18.5 Å². The molecule has 0 amide bonds. The zero-order chi connectivity index (χ0) is 23.0. The van der Waals surface area contributed by atoms with Crippen LogP contribution in [0.15, 0.2) is 0 Å². The summed E-state index contributed by atoms with van der Waals surface area (Å²) in [5.41, 5.74) is 0. The first-order valence-corrected chi connectivity index (χ1v) is 16.6. The van der Waals surface area contributed by atoms with E-state index in [2.05, 4.69) is 34.6 Å². The van der Waals surface area contributed by atoms with Crippen LogP contribution in [-0.2, 0) is 8.85 Å². The molecule has 2 nitrogen and oxygen atoms in total. The van der Waals surface area contributed by atoms with Crippen LogP contribution in [0.25, 0.3) is 0 Å². The van der Waals surface area contributed by atoms with Crippen molar-refractivity contribution >= 4 is 8.56 Å². The number of hydrogen-bond donors (Lipinski definition) is 0. The van der Waals surface area contributed by atoms with Crippen LogP contribution >= 0.6 is 0 Å². The minimum absolute atomic E-state index is 0.772. The zero-order valence-electron chi connectivity index (χ0n) is 22.5. The third-order valence-electron chi connectivity index (χ3n) is 6.73. The smallest absolute Gasteiger partial charge is 0.337 e. The minimum atomic E-state index is -1.92. The molecule has 0 aliphatic rings. The summed E-state index contributed by atoms with van der Waals surface area (Å²) in [5.74, 6) is 0.772. The molecular weight excluding hydrogens is 396 g/mol. The molecule has 0 radical (unpaired) electrons. The van der Waals surface area contributed by atoms with Crippen LogP contribution in [-0.4, -0.2) is 21.8 Å². The Hall–Kier alpha value is 0.137. The summed E-state index contributed by atoms with van der Waals surface area (Å²) >= 11 is 0. The van der Waals surface area contributed by atoms with E-state index >= 15 is 0 Å². The second kappa shape index (κ2) is 23.3. The highest BCUT2D eigenvalue weighted by atomic mass is 28.4. The van der Waals surface area contributed by atoms with Gasteiger partial charge in [0.05, 0.1) is 0 Å². The summed E-state index contributed by atoms with van der Waals surface area (Å²) < 4.78 is 12.7. The lowest BCUT2D eigenvalue weighted by molar-refractivity contribution is 0.161. The van der Waals surface area contributed by atoms with Crippen LogP contribution in [0, 0.1) is 5.92 Å². The van der Waals surface area contributed by atoms with E-state index in [0.717, 1.165) is 31.2 Å². The fourth-order valence-electron chi connectivity index (χ4n) is 4.36. The molecule has 0 saturated carbocycles. The largest absolute Gasteiger partial charge is 0.394 e. The molecule has 31 heavy (non-hydrogen) atoms. The summed E-state index contributed by atoms with van der Waals surface area (Å²) in [6.07, 6.45) is 25.1. The van der Waals surface area contributed by atoms with Crippen molar-refractivity contribution in [3.8, 4) is 0 Å². The normalized spacial score (nSPS) is 12.2. The summed E-state index contributed by atoms with van der Waals surface area (Å²) in [5, 5.41) is 0. The summed E-state index contributed by atoms with van der Waals surface area (Å²) in [4.78, 5) is 0. The second-order valence-electron chi connectivity index (χ2n) is 10.2. The Morgan fingerprint density at radius 1 is 0.484 bits per heavy atom. The van der Waals surface area contributed by atoms with Gasteiger partial charge < -0.3 is 8.85 Å². The van der Waals surface area contributed by atoms with Crippen molar-refractivity contribution in [1.29, 1.82) is 0 Å². The van der Waals surface area contributed by atoms with E-state index in [9.17, 15) is 0 Å². The highest BCUT2D eigenvalue weighted by Gasteiger charge is 2.33. The van der Waals surface area contributed by atoms with Gasteiger partial charge in [0.2, 0.25) is 0 Å². The van der Waals surface area contributed by atoms with Gasteiger partial charge in [-0.05, 0) is 37.3 Å². The van der Waals surface area contributed by atoms with Crippen LogP contribution in [0.5, 0.6) is 0 Å². The molecule has 0 saturated heterocycles. The van der Waals surface area contributed by atoms with Crippen molar-refractivity contribution in [2.45, 2.75) is 162 Å². The summed E-state index contributed by atoms with van der Waals surface area (Å²) in [7, 11) is -1.92. The first kappa shape index (κ1) is 31.1. The van der Waals surface area contributed by atoms with Crippen LogP contribution in [0.2, 0.25) is 12.1 Å². The molecule has 0 aliphatic heterocycles. The van der Waals surface area contributed by atoms with E-state index in [1.807, 2.05) is 0 Å². The number of unbranched alkanes of at least 4 members (excludes halogenated alkanes) is 15. The van der Waals surface area contributed by atoms with Gasteiger partial charge in [-0.25, -0.2) is 0 Å². The molecule has 0 atom stereocenters. The fourth-order valence-corrected chi connectivity index (χ4v) is 6.79. The fraction of sp³-hybridized carbons (Fsp3) is 1.00. The van der Waals surface area contributed by atoms with Crippen LogP contribution < -0.4 is 0 Å². The third kappa shape index (κ3) is 20.5. The molecule has 3 heteroatoms. The molecule has 0 N–H and O–H groups in total. The maximum atomic E-state index is 6.37. The Bertz CT molecular complexity index is 342. The van der Waals surface area contributed by atoms with E-state index in [0.29, 0.717) is 0 Å². The van der Waals surface area contributed by atoms with Gasteiger partial charge in [0.1, 0.15) is 0 Å². The lowest BCUT2D eigenvalue weighted by Gasteiger charge is -2.29. The van der Waals surface area contributed by atoms with E-state index < -0.39 is 8.56 Å². The van der Waals surface area contributed by atoms with Gasteiger partial charge in [0.25, 0.3) is 0 Å². The molecule has 0 aromatic heterocycles. The van der Waals surface area contributed by atoms with Crippen molar-refractivity contribution < 1.29 is 8.85 Å². The predicted molar refractivity (Wildman–Crippen MR) is 142 cm³/mol. The SMILES string of the molecule is CCCCCCCCCCCCCCCCCCO[Si](CC)(CC)OCCCC(C)C. The number of rotatable bonds is 25. The molecule has 0 unspecified atom stereocenters. The molecule has 188 valence electrons.